The van der Waals surface area contributed by atoms with Crippen LogP contribution in [0.15, 0.2) is 27.8 Å². The van der Waals surface area contributed by atoms with Gasteiger partial charge < -0.3 is 9.97 Å². The van der Waals surface area contributed by atoms with E-state index in [9.17, 15) is 9.59 Å². The smallest absolute Gasteiger partial charge is 0.314 e. The molecule has 94 valence electrons. The number of hydrogen-bond acceptors (Lipinski definition) is 2. The third kappa shape index (κ3) is 2.27. The van der Waals surface area contributed by atoms with E-state index in [1.54, 1.807) is 0 Å². The molecule has 18 heavy (non-hydrogen) atoms. The second-order valence-corrected chi connectivity index (χ2v) is 5.97. The molecule has 1 aliphatic rings. The third-order valence-electron chi connectivity index (χ3n) is 3.35. The highest BCUT2D eigenvalue weighted by atomic mass is 79.9. The monoisotopic (exact) mass is 308 g/mol. The van der Waals surface area contributed by atoms with E-state index < -0.39 is 11.1 Å². The van der Waals surface area contributed by atoms with E-state index in [1.165, 1.54) is 12.8 Å². The number of aromatic amines is 2. The molecule has 0 spiro atoms. The Morgan fingerprint density at radius 1 is 1.17 bits per heavy atom. The van der Waals surface area contributed by atoms with Gasteiger partial charge in [-0.3, -0.25) is 9.59 Å². The van der Waals surface area contributed by atoms with Gasteiger partial charge in [0.25, 0.3) is 0 Å². The first kappa shape index (κ1) is 11.7. The largest absolute Gasteiger partial charge is 0.316 e. The lowest BCUT2D eigenvalue weighted by Gasteiger charge is -2.10. The number of H-pyrrole nitrogens is 2. The average molecular weight is 309 g/mol. The van der Waals surface area contributed by atoms with Gasteiger partial charge in [0.1, 0.15) is 0 Å². The lowest BCUT2D eigenvalue weighted by atomic mass is 10.1. The van der Waals surface area contributed by atoms with Gasteiger partial charge in [-0.1, -0.05) is 34.8 Å². The van der Waals surface area contributed by atoms with Crippen molar-refractivity contribution in [3.8, 4) is 0 Å². The Kier molecular flexibility index (Phi) is 2.86. The fourth-order valence-corrected chi connectivity index (χ4v) is 2.92. The molecule has 1 unspecified atom stereocenters. The molecular weight excluding hydrogens is 296 g/mol. The molecule has 0 saturated heterocycles. The summed E-state index contributed by atoms with van der Waals surface area (Å²) in [6.45, 7) is 0. The van der Waals surface area contributed by atoms with E-state index in [2.05, 4.69) is 25.9 Å². The summed E-state index contributed by atoms with van der Waals surface area (Å²) in [6, 6.07) is 5.75. The molecule has 5 heteroatoms. The van der Waals surface area contributed by atoms with E-state index in [-0.39, 0.29) is 0 Å². The minimum Gasteiger partial charge on any atom is -0.316 e. The molecule has 0 radical (unpaired) electrons. The Labute approximate surface area is 112 Å². The Morgan fingerprint density at radius 2 is 1.83 bits per heavy atom. The van der Waals surface area contributed by atoms with Crippen molar-refractivity contribution in [1.82, 2.24) is 9.97 Å². The van der Waals surface area contributed by atoms with Crippen molar-refractivity contribution in [1.29, 1.82) is 0 Å². The molecule has 1 aromatic carbocycles. The van der Waals surface area contributed by atoms with Crippen LogP contribution < -0.4 is 11.1 Å². The second kappa shape index (κ2) is 4.39. The minimum absolute atomic E-state index is 0.310. The topological polar surface area (TPSA) is 65.7 Å². The maximum absolute atomic E-state index is 11.3. The van der Waals surface area contributed by atoms with Crippen molar-refractivity contribution in [2.45, 2.75) is 24.1 Å². The van der Waals surface area contributed by atoms with Crippen LogP contribution in [0.2, 0.25) is 0 Å². The lowest BCUT2D eigenvalue weighted by molar-refractivity contribution is 0.722. The summed E-state index contributed by atoms with van der Waals surface area (Å²) in [6.07, 6.45) is 3.76. The standard InChI is InChI=1S/C13H13BrN2O2/c14-9(5-7-1-2-7)8-3-4-10-11(6-8)16-13(18)12(17)15-10/h3-4,6-7,9H,1-2,5H2,(H,15,17)(H,16,18). The molecule has 1 atom stereocenters. The summed E-state index contributed by atoms with van der Waals surface area (Å²) < 4.78 is 0. The molecule has 2 N–H and O–H groups in total. The summed E-state index contributed by atoms with van der Waals surface area (Å²) in [5, 5.41) is 0. The molecule has 0 aliphatic heterocycles. The van der Waals surface area contributed by atoms with Crippen LogP contribution in [0.25, 0.3) is 11.0 Å². The normalized spacial score (nSPS) is 16.9. The summed E-state index contributed by atoms with van der Waals surface area (Å²) in [7, 11) is 0. The van der Waals surface area contributed by atoms with Crippen molar-refractivity contribution in [3.05, 3.63) is 44.5 Å². The maximum atomic E-state index is 11.3. The third-order valence-corrected chi connectivity index (χ3v) is 4.25. The molecular formula is C13H13BrN2O2. The first-order chi connectivity index (χ1) is 8.63. The zero-order valence-electron chi connectivity index (χ0n) is 9.70. The van der Waals surface area contributed by atoms with Gasteiger partial charge in [-0.25, -0.2) is 0 Å². The SMILES string of the molecule is O=c1[nH]c2ccc(C(Br)CC3CC3)cc2[nH]c1=O. The molecule has 1 aliphatic carbocycles. The number of nitrogens with one attached hydrogen (secondary N) is 2. The molecule has 0 bridgehead atoms. The van der Waals surface area contributed by atoms with Crippen LogP contribution >= 0.6 is 15.9 Å². The Hall–Kier alpha value is -1.36. The van der Waals surface area contributed by atoms with Crippen molar-refractivity contribution in [3.63, 3.8) is 0 Å². The van der Waals surface area contributed by atoms with Crippen LogP contribution in [-0.4, -0.2) is 9.97 Å². The van der Waals surface area contributed by atoms with Crippen LogP contribution in [-0.2, 0) is 0 Å². The van der Waals surface area contributed by atoms with Gasteiger partial charge in [-0.15, -0.1) is 0 Å². The van der Waals surface area contributed by atoms with Gasteiger partial charge in [-0.2, -0.15) is 0 Å². The van der Waals surface area contributed by atoms with Gasteiger partial charge in [0.2, 0.25) is 0 Å². The molecule has 1 saturated carbocycles. The number of fused-ring (bicyclic) bond motifs is 1. The van der Waals surface area contributed by atoms with E-state index in [0.29, 0.717) is 15.9 Å². The quantitative estimate of drug-likeness (QED) is 0.675. The van der Waals surface area contributed by atoms with Gasteiger partial charge >= 0.3 is 11.1 Å². The molecule has 3 rings (SSSR count). The van der Waals surface area contributed by atoms with Crippen LogP contribution in [0.3, 0.4) is 0 Å². The van der Waals surface area contributed by atoms with Crippen molar-refractivity contribution < 1.29 is 0 Å². The highest BCUT2D eigenvalue weighted by molar-refractivity contribution is 9.09. The first-order valence-corrected chi connectivity index (χ1v) is 6.95. The molecule has 1 heterocycles. The predicted molar refractivity (Wildman–Crippen MR) is 74.2 cm³/mol. The number of aromatic nitrogens is 2. The van der Waals surface area contributed by atoms with Crippen molar-refractivity contribution in [2.75, 3.05) is 0 Å². The summed E-state index contributed by atoms with van der Waals surface area (Å²) in [5.41, 5.74) is 1.26. The first-order valence-electron chi connectivity index (χ1n) is 6.04. The predicted octanol–water partition coefficient (Wildman–Crippen LogP) is 2.45. The van der Waals surface area contributed by atoms with Crippen LogP contribution in [0.4, 0.5) is 0 Å². The number of alkyl halides is 1. The Morgan fingerprint density at radius 3 is 2.50 bits per heavy atom. The fourth-order valence-electron chi connectivity index (χ4n) is 2.11. The van der Waals surface area contributed by atoms with Gasteiger partial charge in [-0.05, 0) is 30.0 Å². The zero-order chi connectivity index (χ0) is 12.7. The van der Waals surface area contributed by atoms with E-state index in [0.717, 1.165) is 17.9 Å². The number of benzene rings is 1. The number of halogens is 1. The summed E-state index contributed by atoms with van der Waals surface area (Å²) in [5.74, 6) is 0.833. The molecule has 1 aromatic heterocycles. The van der Waals surface area contributed by atoms with Crippen LogP contribution in [0.5, 0.6) is 0 Å². The van der Waals surface area contributed by atoms with Gasteiger partial charge in [0.05, 0.1) is 11.0 Å². The van der Waals surface area contributed by atoms with Gasteiger partial charge in [0.15, 0.2) is 0 Å². The highest BCUT2D eigenvalue weighted by Gasteiger charge is 2.25. The molecule has 4 nitrogen and oxygen atoms in total. The molecule has 1 fully saturated rings. The second-order valence-electron chi connectivity index (χ2n) is 4.86. The van der Waals surface area contributed by atoms with Gasteiger partial charge in [0, 0.05) is 4.83 Å². The average Bonchev–Trinajstić information content (AvgIpc) is 3.14. The number of rotatable bonds is 3. The van der Waals surface area contributed by atoms with E-state index >= 15 is 0 Å². The van der Waals surface area contributed by atoms with E-state index in [1.807, 2.05) is 18.2 Å². The lowest BCUT2D eigenvalue weighted by Crippen LogP contribution is -2.28. The summed E-state index contributed by atoms with van der Waals surface area (Å²) in [4.78, 5) is 28.0. The molecule has 2 aromatic rings. The Bertz CT molecular complexity index is 700. The molecule has 0 amide bonds. The maximum Gasteiger partial charge on any atom is 0.314 e. The fraction of sp³-hybridized carbons (Fsp3) is 0.385. The Balaban J connectivity index is 2.01. The minimum atomic E-state index is -0.608. The highest BCUT2D eigenvalue weighted by Crippen LogP contribution is 2.41. The van der Waals surface area contributed by atoms with Crippen LogP contribution in [0, 0.1) is 5.92 Å². The van der Waals surface area contributed by atoms with Crippen molar-refractivity contribution >= 4 is 27.0 Å². The van der Waals surface area contributed by atoms with Crippen LogP contribution in [0.1, 0.15) is 29.7 Å². The van der Waals surface area contributed by atoms with Crippen molar-refractivity contribution in [2.24, 2.45) is 5.92 Å². The summed E-state index contributed by atoms with van der Waals surface area (Å²) >= 11 is 3.68. The number of hydrogen-bond donors (Lipinski definition) is 2. The van der Waals surface area contributed by atoms with E-state index in [4.69, 9.17) is 0 Å². The zero-order valence-corrected chi connectivity index (χ0v) is 11.3.